The van der Waals surface area contributed by atoms with Crippen LogP contribution in [0.4, 0.5) is 0 Å². The lowest BCUT2D eigenvalue weighted by Crippen LogP contribution is -2.28. The molecule has 0 radical (unpaired) electrons. The third-order valence-corrected chi connectivity index (χ3v) is 1.50. The number of nitro groups is 1. The molecule has 6 heteroatoms. The van der Waals surface area contributed by atoms with Gasteiger partial charge in [0.1, 0.15) is 0 Å². The second kappa shape index (κ2) is 3.52. The molecule has 1 N–H and O–H groups in total. The number of carbonyl (C=O) groups is 1. The average Bonchev–Trinajstić information content (AvgIpc) is 1.84. The molecule has 0 bridgehead atoms. The van der Waals surface area contributed by atoms with E-state index in [0.29, 0.717) is 0 Å². The maximum absolute atomic E-state index is 10.1. The lowest BCUT2D eigenvalue weighted by atomic mass is 10.2. The number of aliphatic carboxylic acids is 1. The van der Waals surface area contributed by atoms with Crippen LogP contribution in [0.25, 0.3) is 0 Å². The van der Waals surface area contributed by atoms with Gasteiger partial charge >= 0.3 is 5.97 Å². The molecular weight excluding hydrogens is 174 g/mol. The van der Waals surface area contributed by atoms with E-state index < -0.39 is 15.9 Å². The third-order valence-electron chi connectivity index (χ3n) is 1.18. The second-order valence-corrected chi connectivity index (χ2v) is 3.11. The van der Waals surface area contributed by atoms with Gasteiger partial charge in [0.05, 0.1) is 6.42 Å². The smallest absolute Gasteiger partial charge is 0.303 e. The first-order chi connectivity index (χ1) is 4.86. The molecule has 0 spiro atoms. The van der Waals surface area contributed by atoms with E-state index in [0.717, 1.165) is 0 Å². The first kappa shape index (κ1) is 10.2. The Morgan fingerprint density at radius 1 is 1.82 bits per heavy atom. The van der Waals surface area contributed by atoms with Gasteiger partial charge < -0.3 is 5.11 Å². The Labute approximate surface area is 68.1 Å². The van der Waals surface area contributed by atoms with Gasteiger partial charge in [0.15, 0.2) is 0 Å². The number of hydrogen-bond acceptors (Lipinski definition) is 3. The van der Waals surface area contributed by atoms with Gasteiger partial charge in [-0.05, 0) is 11.6 Å². The molecule has 0 fully saturated rings. The summed E-state index contributed by atoms with van der Waals surface area (Å²) in [7, 11) is 0. The van der Waals surface area contributed by atoms with Crippen LogP contribution >= 0.6 is 11.6 Å². The van der Waals surface area contributed by atoms with E-state index in [2.05, 4.69) is 0 Å². The van der Waals surface area contributed by atoms with E-state index in [1.165, 1.54) is 6.92 Å². The van der Waals surface area contributed by atoms with Crippen molar-refractivity contribution < 1.29 is 14.8 Å². The summed E-state index contributed by atoms with van der Waals surface area (Å²) in [4.78, 5) is 17.8. The minimum atomic E-state index is -1.65. The van der Waals surface area contributed by atoms with Gasteiger partial charge in [-0.25, -0.2) is 0 Å². The maximum Gasteiger partial charge on any atom is 0.303 e. The third kappa shape index (κ3) is 3.77. The van der Waals surface area contributed by atoms with Crippen LogP contribution in [0.2, 0.25) is 0 Å². The summed E-state index contributed by atoms with van der Waals surface area (Å²) in [6.45, 7) is 1.18. The summed E-state index contributed by atoms with van der Waals surface area (Å²) in [5.41, 5.74) is 0. The van der Waals surface area contributed by atoms with Gasteiger partial charge in [0.2, 0.25) is 0 Å². The van der Waals surface area contributed by atoms with Gasteiger partial charge in [-0.1, -0.05) is 0 Å². The molecule has 0 aliphatic rings. The molecule has 0 amide bonds. The first-order valence-corrected chi connectivity index (χ1v) is 3.29. The molecule has 0 rings (SSSR count). The molecule has 1 unspecified atom stereocenters. The van der Waals surface area contributed by atoms with Crippen molar-refractivity contribution in [2.75, 3.05) is 0 Å². The van der Waals surface area contributed by atoms with Gasteiger partial charge in [-0.2, -0.15) is 0 Å². The fourth-order valence-corrected chi connectivity index (χ4v) is 0.521. The van der Waals surface area contributed by atoms with Crippen molar-refractivity contribution in [3.63, 3.8) is 0 Å². The minimum absolute atomic E-state index is 0.170. The molecule has 0 saturated carbocycles. The standard InChI is InChI=1S/C5H8ClNO4/c1-5(6,7(10)11)3-2-4(8)9/h2-3H2,1H3,(H,8,9). The van der Waals surface area contributed by atoms with Crippen LogP contribution in [0.15, 0.2) is 0 Å². The van der Waals surface area contributed by atoms with Crippen molar-refractivity contribution >= 4 is 17.6 Å². The van der Waals surface area contributed by atoms with E-state index >= 15 is 0 Å². The molecule has 64 valence electrons. The van der Waals surface area contributed by atoms with Crippen LogP contribution in [0.5, 0.6) is 0 Å². The van der Waals surface area contributed by atoms with Gasteiger partial charge in [-0.15, -0.1) is 0 Å². The number of carboxylic acid groups (broad SMARTS) is 1. The molecule has 0 saturated heterocycles. The summed E-state index contributed by atoms with van der Waals surface area (Å²) < 4.78 is 0. The van der Waals surface area contributed by atoms with Gasteiger partial charge in [-0.3, -0.25) is 14.9 Å². The highest BCUT2D eigenvalue weighted by Gasteiger charge is 2.34. The SMILES string of the molecule is CC(Cl)(CCC(=O)O)[N+](=O)[O-]. The highest BCUT2D eigenvalue weighted by Crippen LogP contribution is 2.20. The molecule has 1 atom stereocenters. The Morgan fingerprint density at radius 3 is 2.55 bits per heavy atom. The largest absolute Gasteiger partial charge is 0.481 e. The number of nitrogens with zero attached hydrogens (tertiary/aromatic N) is 1. The van der Waals surface area contributed by atoms with Crippen LogP contribution in [0.1, 0.15) is 19.8 Å². The zero-order valence-electron chi connectivity index (χ0n) is 5.91. The van der Waals surface area contributed by atoms with Crippen LogP contribution in [-0.2, 0) is 4.79 Å². The number of carboxylic acids is 1. The lowest BCUT2D eigenvalue weighted by molar-refractivity contribution is -0.538. The normalized spacial score (nSPS) is 15.5. The zero-order valence-corrected chi connectivity index (χ0v) is 6.67. The molecule has 0 aliphatic carbocycles. The number of alkyl halides is 1. The predicted octanol–water partition coefficient (Wildman–Crippen LogP) is 1.08. The molecule has 0 aromatic carbocycles. The van der Waals surface area contributed by atoms with E-state index in [9.17, 15) is 14.9 Å². The number of hydrogen-bond donors (Lipinski definition) is 1. The van der Waals surface area contributed by atoms with Gasteiger partial charge in [0.25, 0.3) is 5.00 Å². The number of rotatable bonds is 4. The molecule has 0 aromatic rings. The van der Waals surface area contributed by atoms with Crippen molar-refractivity contribution in [2.24, 2.45) is 0 Å². The first-order valence-electron chi connectivity index (χ1n) is 2.91. The molecule has 5 nitrogen and oxygen atoms in total. The van der Waals surface area contributed by atoms with E-state index in [4.69, 9.17) is 16.7 Å². The maximum atomic E-state index is 10.1. The highest BCUT2D eigenvalue weighted by atomic mass is 35.5. The topological polar surface area (TPSA) is 80.4 Å². The molecular formula is C5H8ClNO4. The molecule has 11 heavy (non-hydrogen) atoms. The fourth-order valence-electron chi connectivity index (χ4n) is 0.426. The van der Waals surface area contributed by atoms with Crippen LogP contribution < -0.4 is 0 Å². The van der Waals surface area contributed by atoms with Crippen molar-refractivity contribution in [2.45, 2.75) is 24.8 Å². The van der Waals surface area contributed by atoms with E-state index in [-0.39, 0.29) is 12.8 Å². The van der Waals surface area contributed by atoms with Crippen LogP contribution in [0, 0.1) is 10.1 Å². The van der Waals surface area contributed by atoms with Crippen molar-refractivity contribution in [1.82, 2.24) is 0 Å². The summed E-state index contributed by atoms with van der Waals surface area (Å²) in [5.74, 6) is -1.08. The highest BCUT2D eigenvalue weighted by molar-refractivity contribution is 6.22. The minimum Gasteiger partial charge on any atom is -0.481 e. The average molecular weight is 182 g/mol. The lowest BCUT2D eigenvalue weighted by Gasteiger charge is -2.10. The quantitative estimate of drug-likeness (QED) is 0.305. The van der Waals surface area contributed by atoms with Crippen molar-refractivity contribution in [3.8, 4) is 0 Å². The molecule has 0 heterocycles. The Hall–Kier alpha value is -0.840. The van der Waals surface area contributed by atoms with Crippen LogP contribution in [-0.4, -0.2) is 21.0 Å². The van der Waals surface area contributed by atoms with E-state index in [1.54, 1.807) is 0 Å². The molecule has 0 aromatic heterocycles. The Bertz CT molecular complexity index is 179. The Morgan fingerprint density at radius 2 is 2.27 bits per heavy atom. The Balaban J connectivity index is 3.92. The zero-order chi connectivity index (χ0) is 9.07. The molecule has 0 aliphatic heterocycles. The van der Waals surface area contributed by atoms with Crippen molar-refractivity contribution in [1.29, 1.82) is 0 Å². The van der Waals surface area contributed by atoms with Crippen LogP contribution in [0.3, 0.4) is 0 Å². The summed E-state index contributed by atoms with van der Waals surface area (Å²) in [5, 5.41) is 18.3. The van der Waals surface area contributed by atoms with E-state index in [1.807, 2.05) is 0 Å². The van der Waals surface area contributed by atoms with Crippen molar-refractivity contribution in [3.05, 3.63) is 10.1 Å². The summed E-state index contributed by atoms with van der Waals surface area (Å²) in [6, 6.07) is 0. The van der Waals surface area contributed by atoms with Gasteiger partial charge in [0, 0.05) is 18.3 Å². The Kier molecular flexibility index (Phi) is 3.25. The fraction of sp³-hybridized carbons (Fsp3) is 0.800. The predicted molar refractivity (Wildman–Crippen MR) is 38.1 cm³/mol. The monoisotopic (exact) mass is 181 g/mol. The summed E-state index contributed by atoms with van der Waals surface area (Å²) in [6.07, 6.45) is -0.460. The summed E-state index contributed by atoms with van der Waals surface area (Å²) >= 11 is 5.35. The number of halogens is 1. The second-order valence-electron chi connectivity index (χ2n) is 2.29.